The normalized spacial score (nSPS) is 14.8. The van der Waals surface area contributed by atoms with Crippen LogP contribution in [0.1, 0.15) is 20.8 Å². The van der Waals surface area contributed by atoms with Gasteiger partial charge in [-0.1, -0.05) is 25.1 Å². The average Bonchev–Trinajstić information content (AvgIpc) is 3.34. The number of hydrogen-bond donors (Lipinski definition) is 1. The van der Waals surface area contributed by atoms with Crippen molar-refractivity contribution in [3.05, 3.63) is 83.1 Å². The Morgan fingerprint density at radius 1 is 1.07 bits per heavy atom. The van der Waals surface area contributed by atoms with Gasteiger partial charge in [0.15, 0.2) is 11.5 Å². The van der Waals surface area contributed by atoms with Crippen LogP contribution in [0.5, 0.6) is 11.5 Å². The number of likely N-dealkylation sites (N-methyl/N-ethyl adjacent to an activating group) is 2. The van der Waals surface area contributed by atoms with E-state index in [9.17, 15) is 14.9 Å². The summed E-state index contributed by atoms with van der Waals surface area (Å²) in [6.45, 7) is 11.1. The van der Waals surface area contributed by atoms with Crippen LogP contribution in [-0.4, -0.2) is 91.6 Å². The van der Waals surface area contributed by atoms with Crippen LogP contribution < -0.4 is 16.2 Å². The standard InChI is InChI=1S/C33H39N9O3/c1-5-39-16-18-40(19-17-39)33(2,3)21-24(22-34)31(43)38(4)15-20-41-30-28(29(35)36-23-37-30)42(32(41)44)25-11-13-27(14-12-25)45-26-9-7-6-8-10-26/h6-14,21,23H,5,15-20H2,1-4H3,(H2,35,36,37)/b24-21+. The third-order valence-electron chi connectivity index (χ3n) is 8.30. The van der Waals surface area contributed by atoms with Crippen molar-refractivity contribution in [2.45, 2.75) is 32.9 Å². The van der Waals surface area contributed by atoms with Crippen LogP contribution in [0.2, 0.25) is 0 Å². The molecule has 1 amide bonds. The molecule has 45 heavy (non-hydrogen) atoms. The molecule has 0 spiro atoms. The first-order valence-corrected chi connectivity index (χ1v) is 15.0. The van der Waals surface area contributed by atoms with Crippen molar-refractivity contribution in [1.82, 2.24) is 33.8 Å². The molecule has 3 heterocycles. The number of nitrogens with zero attached hydrogens (tertiary/aromatic N) is 8. The zero-order valence-electron chi connectivity index (χ0n) is 26.2. The molecular formula is C33H39N9O3. The summed E-state index contributed by atoms with van der Waals surface area (Å²) < 4.78 is 8.82. The van der Waals surface area contributed by atoms with E-state index in [2.05, 4.69) is 32.8 Å². The summed E-state index contributed by atoms with van der Waals surface area (Å²) in [5, 5.41) is 9.93. The number of benzene rings is 2. The van der Waals surface area contributed by atoms with Crippen LogP contribution in [0.15, 0.2) is 77.4 Å². The Morgan fingerprint density at radius 3 is 2.38 bits per heavy atom. The van der Waals surface area contributed by atoms with Crippen LogP contribution in [0.4, 0.5) is 5.82 Å². The van der Waals surface area contributed by atoms with Crippen molar-refractivity contribution in [1.29, 1.82) is 5.26 Å². The van der Waals surface area contributed by atoms with E-state index in [1.165, 1.54) is 20.4 Å². The molecule has 5 rings (SSSR count). The Kier molecular flexibility index (Phi) is 9.32. The molecule has 4 aromatic rings. The quantitative estimate of drug-likeness (QED) is 0.212. The maximum absolute atomic E-state index is 13.8. The minimum atomic E-state index is -0.470. The predicted octanol–water partition coefficient (Wildman–Crippen LogP) is 3.28. The van der Waals surface area contributed by atoms with Gasteiger partial charge in [-0.25, -0.2) is 14.8 Å². The molecule has 234 valence electrons. The molecule has 0 saturated carbocycles. The lowest BCUT2D eigenvalue weighted by atomic mass is 9.97. The fourth-order valence-electron chi connectivity index (χ4n) is 5.61. The Labute approximate surface area is 262 Å². The smallest absolute Gasteiger partial charge is 0.335 e. The number of carbonyl (C=O) groups is 1. The first-order valence-electron chi connectivity index (χ1n) is 15.0. The number of para-hydroxylation sites is 1. The van der Waals surface area contributed by atoms with Gasteiger partial charge in [0.2, 0.25) is 0 Å². The number of imidazole rings is 1. The molecule has 0 radical (unpaired) electrons. The molecule has 12 heteroatoms. The lowest BCUT2D eigenvalue weighted by molar-refractivity contribution is -0.125. The number of nitriles is 1. The van der Waals surface area contributed by atoms with Crippen molar-refractivity contribution in [3.8, 4) is 23.3 Å². The van der Waals surface area contributed by atoms with Gasteiger partial charge in [-0.2, -0.15) is 5.26 Å². The summed E-state index contributed by atoms with van der Waals surface area (Å²) in [5.74, 6) is 1.06. The lowest BCUT2D eigenvalue weighted by Crippen LogP contribution is -2.54. The number of ether oxygens (including phenoxy) is 1. The van der Waals surface area contributed by atoms with Crippen molar-refractivity contribution in [2.24, 2.45) is 0 Å². The number of amides is 1. The first kappa shape index (κ1) is 31.4. The number of rotatable bonds is 10. The molecule has 0 unspecified atom stereocenters. The van der Waals surface area contributed by atoms with E-state index in [1.807, 2.05) is 44.2 Å². The average molecular weight is 610 g/mol. The predicted molar refractivity (Wildman–Crippen MR) is 173 cm³/mol. The molecule has 12 nitrogen and oxygen atoms in total. The van der Waals surface area contributed by atoms with Crippen LogP contribution in [0.25, 0.3) is 16.9 Å². The minimum absolute atomic E-state index is 0.0691. The monoisotopic (exact) mass is 609 g/mol. The van der Waals surface area contributed by atoms with E-state index < -0.39 is 11.4 Å². The van der Waals surface area contributed by atoms with E-state index in [0.717, 1.165) is 32.7 Å². The maximum atomic E-state index is 13.8. The van der Waals surface area contributed by atoms with Gasteiger partial charge >= 0.3 is 5.69 Å². The summed E-state index contributed by atoms with van der Waals surface area (Å²) in [4.78, 5) is 41.8. The van der Waals surface area contributed by atoms with Gasteiger partial charge in [0.1, 0.15) is 35.0 Å². The Morgan fingerprint density at radius 2 is 1.73 bits per heavy atom. The van der Waals surface area contributed by atoms with Gasteiger partial charge in [-0.05, 0) is 62.9 Å². The number of nitrogen functional groups attached to an aromatic ring is 1. The fraction of sp³-hybridized carbons (Fsp3) is 0.364. The highest BCUT2D eigenvalue weighted by atomic mass is 16.5. The molecule has 0 aliphatic carbocycles. The molecule has 2 aromatic heterocycles. The molecule has 2 N–H and O–H groups in total. The van der Waals surface area contributed by atoms with Gasteiger partial charge in [-0.15, -0.1) is 0 Å². The van der Waals surface area contributed by atoms with E-state index in [1.54, 1.807) is 37.4 Å². The second kappa shape index (κ2) is 13.3. The minimum Gasteiger partial charge on any atom is -0.457 e. The number of anilines is 1. The SMILES string of the molecule is CCN1CCN(C(C)(C)/C=C(\C#N)C(=O)N(C)CCn2c(=O)n(-c3ccc(Oc4ccccc4)cc3)c3c(N)ncnc32)CC1. The first-order chi connectivity index (χ1) is 21.6. The van der Waals surface area contributed by atoms with Crippen LogP contribution in [0, 0.1) is 11.3 Å². The third kappa shape index (κ3) is 6.74. The Balaban J connectivity index is 1.35. The van der Waals surface area contributed by atoms with Gasteiger partial charge in [-0.3, -0.25) is 18.8 Å². The van der Waals surface area contributed by atoms with E-state index in [4.69, 9.17) is 10.5 Å². The summed E-state index contributed by atoms with van der Waals surface area (Å²) in [5.41, 5.74) is 6.75. The topological polar surface area (TPSA) is 139 Å². The zero-order valence-corrected chi connectivity index (χ0v) is 26.2. The summed E-state index contributed by atoms with van der Waals surface area (Å²) in [6, 6.07) is 18.6. The number of piperazine rings is 1. The number of nitrogens with two attached hydrogens (primary N) is 1. The number of carbonyl (C=O) groups excluding carboxylic acids is 1. The van der Waals surface area contributed by atoms with Crippen LogP contribution in [-0.2, 0) is 11.3 Å². The van der Waals surface area contributed by atoms with Crippen LogP contribution >= 0.6 is 0 Å². The van der Waals surface area contributed by atoms with E-state index in [0.29, 0.717) is 28.4 Å². The summed E-state index contributed by atoms with van der Waals surface area (Å²) in [7, 11) is 1.62. The second-order valence-electron chi connectivity index (χ2n) is 11.6. The zero-order chi connectivity index (χ0) is 32.1. The third-order valence-corrected chi connectivity index (χ3v) is 8.30. The Bertz CT molecular complexity index is 1780. The van der Waals surface area contributed by atoms with Crippen molar-refractivity contribution in [2.75, 3.05) is 52.0 Å². The van der Waals surface area contributed by atoms with Gasteiger partial charge in [0.25, 0.3) is 5.91 Å². The van der Waals surface area contributed by atoms with Crippen molar-refractivity contribution < 1.29 is 9.53 Å². The van der Waals surface area contributed by atoms with Gasteiger partial charge < -0.3 is 20.3 Å². The lowest BCUT2D eigenvalue weighted by Gasteiger charge is -2.42. The van der Waals surface area contributed by atoms with E-state index in [-0.39, 0.29) is 30.2 Å². The molecule has 0 atom stereocenters. The molecule has 1 aliphatic heterocycles. The fourth-order valence-corrected chi connectivity index (χ4v) is 5.61. The van der Waals surface area contributed by atoms with Gasteiger partial charge in [0, 0.05) is 51.9 Å². The van der Waals surface area contributed by atoms with Crippen molar-refractivity contribution >= 4 is 22.9 Å². The largest absolute Gasteiger partial charge is 0.457 e. The maximum Gasteiger partial charge on any atom is 0.335 e. The summed E-state index contributed by atoms with van der Waals surface area (Å²) >= 11 is 0. The van der Waals surface area contributed by atoms with E-state index >= 15 is 0 Å². The summed E-state index contributed by atoms with van der Waals surface area (Å²) in [6.07, 6.45) is 3.06. The molecular weight excluding hydrogens is 570 g/mol. The van der Waals surface area contributed by atoms with Crippen molar-refractivity contribution in [3.63, 3.8) is 0 Å². The van der Waals surface area contributed by atoms with Gasteiger partial charge in [0.05, 0.1) is 5.69 Å². The number of fused-ring (bicyclic) bond motifs is 1. The molecule has 0 bridgehead atoms. The highest BCUT2D eigenvalue weighted by molar-refractivity contribution is 5.97. The number of hydrogen-bond acceptors (Lipinski definition) is 9. The number of aromatic nitrogens is 4. The molecule has 1 aliphatic rings. The second-order valence-corrected chi connectivity index (χ2v) is 11.6. The molecule has 1 saturated heterocycles. The molecule has 1 fully saturated rings. The molecule has 2 aromatic carbocycles. The highest BCUT2D eigenvalue weighted by Crippen LogP contribution is 2.25. The Hall–Kier alpha value is -4.99. The van der Waals surface area contributed by atoms with Crippen LogP contribution in [0.3, 0.4) is 0 Å². The highest BCUT2D eigenvalue weighted by Gasteiger charge is 2.30.